The van der Waals surface area contributed by atoms with E-state index in [-0.39, 0.29) is 11.4 Å². The molecule has 0 atom stereocenters. The summed E-state index contributed by atoms with van der Waals surface area (Å²) in [5.74, 6) is -0.450. The first-order valence-electron chi connectivity index (χ1n) is 5.66. The third kappa shape index (κ3) is 3.55. The summed E-state index contributed by atoms with van der Waals surface area (Å²) in [5, 5.41) is 25.7. The van der Waals surface area contributed by atoms with Crippen LogP contribution in [0.3, 0.4) is 0 Å². The lowest BCUT2D eigenvalue weighted by molar-refractivity contribution is 0.0686. The van der Waals surface area contributed by atoms with Crippen molar-refractivity contribution < 1.29 is 15.0 Å². The van der Waals surface area contributed by atoms with Gasteiger partial charge in [0.05, 0.1) is 13.2 Å². The fourth-order valence-electron chi connectivity index (χ4n) is 1.52. The molecule has 2 N–H and O–H groups in total. The molecule has 1 aromatic carbocycles. The topological polar surface area (TPSA) is 88.2 Å². The Morgan fingerprint density at radius 3 is 2.58 bits per heavy atom. The van der Waals surface area contributed by atoms with Crippen molar-refractivity contribution in [2.45, 2.75) is 18.0 Å². The van der Waals surface area contributed by atoms with Gasteiger partial charge in [-0.1, -0.05) is 18.2 Å². The van der Waals surface area contributed by atoms with Crippen LogP contribution in [0.5, 0.6) is 0 Å². The number of hydrogen-bond donors (Lipinski definition) is 2. The standard InChI is InChI=1S/C12H13N3O3S/c16-8-10-11(12(17)18)14-15(13-10)6-7-19-9-4-2-1-3-5-9/h1-5,16H,6-8H2,(H,17,18). The third-order valence-electron chi connectivity index (χ3n) is 2.38. The third-order valence-corrected chi connectivity index (χ3v) is 3.37. The van der Waals surface area contributed by atoms with Crippen LogP contribution in [0.2, 0.25) is 0 Å². The first kappa shape index (κ1) is 13.6. The van der Waals surface area contributed by atoms with Crippen LogP contribution in [-0.2, 0) is 13.2 Å². The Morgan fingerprint density at radius 1 is 1.26 bits per heavy atom. The number of aliphatic hydroxyl groups is 1. The van der Waals surface area contributed by atoms with Crippen molar-refractivity contribution in [2.24, 2.45) is 0 Å². The van der Waals surface area contributed by atoms with Gasteiger partial charge >= 0.3 is 5.97 Å². The highest BCUT2D eigenvalue weighted by molar-refractivity contribution is 7.99. The van der Waals surface area contributed by atoms with Crippen LogP contribution in [0, 0.1) is 0 Å². The average molecular weight is 279 g/mol. The van der Waals surface area contributed by atoms with Crippen molar-refractivity contribution in [2.75, 3.05) is 5.75 Å². The molecule has 0 spiro atoms. The maximum Gasteiger partial charge on any atom is 0.358 e. The summed E-state index contributed by atoms with van der Waals surface area (Å²) in [7, 11) is 0. The van der Waals surface area contributed by atoms with Gasteiger partial charge in [0.25, 0.3) is 0 Å². The van der Waals surface area contributed by atoms with Crippen molar-refractivity contribution >= 4 is 17.7 Å². The summed E-state index contributed by atoms with van der Waals surface area (Å²) in [6.45, 7) is 0.0628. The van der Waals surface area contributed by atoms with E-state index in [0.29, 0.717) is 6.54 Å². The highest BCUT2D eigenvalue weighted by atomic mass is 32.2. The van der Waals surface area contributed by atoms with E-state index >= 15 is 0 Å². The second-order valence-corrected chi connectivity index (χ2v) is 4.88. The van der Waals surface area contributed by atoms with Crippen molar-refractivity contribution in [3.8, 4) is 0 Å². The molecule has 0 unspecified atom stereocenters. The van der Waals surface area contributed by atoms with Gasteiger partial charge < -0.3 is 10.2 Å². The Hall–Kier alpha value is -1.86. The van der Waals surface area contributed by atoms with Crippen LogP contribution in [0.1, 0.15) is 16.2 Å². The molecule has 0 fully saturated rings. The van der Waals surface area contributed by atoms with Gasteiger partial charge in [0.2, 0.25) is 0 Å². The number of nitrogens with zero attached hydrogens (tertiary/aromatic N) is 3. The number of rotatable bonds is 6. The van der Waals surface area contributed by atoms with Crippen molar-refractivity contribution in [3.63, 3.8) is 0 Å². The van der Waals surface area contributed by atoms with Gasteiger partial charge in [-0.3, -0.25) is 0 Å². The molecule has 0 aliphatic heterocycles. The maximum atomic E-state index is 10.9. The summed E-state index contributed by atoms with van der Waals surface area (Å²) in [5.41, 5.74) is -0.0931. The number of carboxylic acids is 1. The van der Waals surface area contributed by atoms with Crippen LogP contribution in [0.25, 0.3) is 0 Å². The van der Waals surface area contributed by atoms with Crippen molar-refractivity contribution in [3.05, 3.63) is 41.7 Å². The van der Waals surface area contributed by atoms with Crippen molar-refractivity contribution in [1.82, 2.24) is 15.0 Å². The minimum Gasteiger partial charge on any atom is -0.476 e. The number of hydrogen-bond acceptors (Lipinski definition) is 5. The molecule has 0 radical (unpaired) electrons. The molecule has 0 saturated heterocycles. The Balaban J connectivity index is 1.95. The number of carbonyl (C=O) groups is 1. The normalized spacial score (nSPS) is 10.6. The molecular formula is C12H13N3O3S. The fraction of sp³-hybridized carbons (Fsp3) is 0.250. The number of aliphatic hydroxyl groups excluding tert-OH is 1. The highest BCUT2D eigenvalue weighted by Crippen LogP contribution is 2.16. The Kier molecular flexibility index (Phi) is 4.53. The Bertz CT molecular complexity index is 557. The minimum absolute atomic E-state index is 0.0946. The number of benzene rings is 1. The lowest BCUT2D eigenvalue weighted by Crippen LogP contribution is -2.06. The first-order chi connectivity index (χ1) is 9.20. The highest BCUT2D eigenvalue weighted by Gasteiger charge is 2.16. The second-order valence-electron chi connectivity index (χ2n) is 3.72. The Morgan fingerprint density at radius 2 is 2.00 bits per heavy atom. The molecule has 100 valence electrons. The van der Waals surface area contributed by atoms with E-state index in [4.69, 9.17) is 10.2 Å². The predicted molar refractivity (Wildman–Crippen MR) is 70.1 cm³/mol. The van der Waals surface area contributed by atoms with E-state index in [9.17, 15) is 4.79 Å². The zero-order chi connectivity index (χ0) is 13.7. The van der Waals surface area contributed by atoms with Gasteiger partial charge in [-0.15, -0.1) is 16.9 Å². The minimum atomic E-state index is -1.17. The molecule has 2 aromatic rings. The molecule has 0 amide bonds. The average Bonchev–Trinajstić information content (AvgIpc) is 2.83. The van der Waals surface area contributed by atoms with Crippen LogP contribution in [-0.4, -0.2) is 36.9 Å². The van der Waals surface area contributed by atoms with E-state index in [1.807, 2.05) is 30.3 Å². The molecule has 7 heteroatoms. The predicted octanol–water partition coefficient (Wildman–Crippen LogP) is 1.26. The molecule has 6 nitrogen and oxygen atoms in total. The molecule has 19 heavy (non-hydrogen) atoms. The molecule has 0 bridgehead atoms. The summed E-state index contributed by atoms with van der Waals surface area (Å²) in [6.07, 6.45) is 0. The van der Waals surface area contributed by atoms with Gasteiger partial charge in [0, 0.05) is 10.6 Å². The quantitative estimate of drug-likeness (QED) is 0.774. The van der Waals surface area contributed by atoms with Crippen LogP contribution < -0.4 is 0 Å². The number of thioether (sulfide) groups is 1. The van der Waals surface area contributed by atoms with Crippen molar-refractivity contribution in [1.29, 1.82) is 0 Å². The number of aromatic carboxylic acids is 1. The SMILES string of the molecule is O=C(O)c1nn(CCSc2ccccc2)nc1CO. The van der Waals surface area contributed by atoms with Gasteiger partial charge in [-0.2, -0.15) is 9.90 Å². The summed E-state index contributed by atoms with van der Waals surface area (Å²) < 4.78 is 0. The zero-order valence-corrected chi connectivity index (χ0v) is 10.9. The van der Waals surface area contributed by atoms with Gasteiger partial charge in [-0.25, -0.2) is 4.79 Å². The van der Waals surface area contributed by atoms with Gasteiger partial charge in [0.1, 0.15) is 5.69 Å². The lowest BCUT2D eigenvalue weighted by Gasteiger charge is -2.00. The largest absolute Gasteiger partial charge is 0.476 e. The van der Waals surface area contributed by atoms with Gasteiger partial charge in [0.15, 0.2) is 5.69 Å². The molecular weight excluding hydrogens is 266 g/mol. The van der Waals surface area contributed by atoms with Crippen LogP contribution >= 0.6 is 11.8 Å². The van der Waals surface area contributed by atoms with Gasteiger partial charge in [-0.05, 0) is 12.1 Å². The molecule has 0 aliphatic carbocycles. The molecule has 2 rings (SSSR count). The summed E-state index contributed by atoms with van der Waals surface area (Å²) in [4.78, 5) is 13.3. The number of carboxylic acid groups (broad SMARTS) is 1. The maximum absolute atomic E-state index is 10.9. The van der Waals surface area contributed by atoms with E-state index < -0.39 is 12.6 Å². The number of aryl methyl sites for hydroxylation is 1. The van der Waals surface area contributed by atoms with E-state index in [0.717, 1.165) is 10.6 Å². The molecule has 1 heterocycles. The first-order valence-corrected chi connectivity index (χ1v) is 6.65. The second kappa shape index (κ2) is 6.35. The van der Waals surface area contributed by atoms with E-state index in [2.05, 4.69) is 10.2 Å². The Labute approximate surface area is 114 Å². The lowest BCUT2D eigenvalue weighted by atomic mass is 10.3. The summed E-state index contributed by atoms with van der Waals surface area (Å²) >= 11 is 1.64. The van der Waals surface area contributed by atoms with Crippen LogP contribution in [0.4, 0.5) is 0 Å². The van der Waals surface area contributed by atoms with E-state index in [1.54, 1.807) is 11.8 Å². The smallest absolute Gasteiger partial charge is 0.358 e. The molecule has 0 saturated carbocycles. The molecule has 1 aromatic heterocycles. The zero-order valence-electron chi connectivity index (χ0n) is 10.1. The van der Waals surface area contributed by atoms with E-state index in [1.165, 1.54) is 4.80 Å². The van der Waals surface area contributed by atoms with Crippen LogP contribution in [0.15, 0.2) is 35.2 Å². The number of aromatic nitrogens is 3. The summed E-state index contributed by atoms with van der Waals surface area (Å²) in [6, 6.07) is 9.87. The fourth-order valence-corrected chi connectivity index (χ4v) is 2.36. The monoisotopic (exact) mass is 279 g/mol. The molecule has 0 aliphatic rings.